The molecule has 0 amide bonds. The Balaban J connectivity index is 1.74. The number of benzene rings is 1. The lowest BCUT2D eigenvalue weighted by Crippen LogP contribution is -2.06. The van der Waals surface area contributed by atoms with E-state index in [-0.39, 0.29) is 17.7 Å². The molecular formula is C15H12ClFN6S. The Morgan fingerprint density at radius 3 is 2.67 bits per heavy atom. The van der Waals surface area contributed by atoms with Crippen molar-refractivity contribution in [2.75, 3.05) is 11.1 Å². The summed E-state index contributed by atoms with van der Waals surface area (Å²) in [4.78, 5) is 16.6. The summed E-state index contributed by atoms with van der Waals surface area (Å²) in [7, 11) is 0. The lowest BCUT2D eigenvalue weighted by Gasteiger charge is -2.07. The molecule has 0 radical (unpaired) electrons. The second-order valence-corrected chi connectivity index (χ2v) is 6.02. The fraction of sp³-hybridized carbons (Fsp3) is 0.0667. The van der Waals surface area contributed by atoms with E-state index in [9.17, 15) is 4.39 Å². The Morgan fingerprint density at radius 2 is 1.92 bits per heavy atom. The molecule has 0 aliphatic carbocycles. The van der Waals surface area contributed by atoms with Crippen molar-refractivity contribution in [3.63, 3.8) is 0 Å². The lowest BCUT2D eigenvalue weighted by molar-refractivity contribution is 0.628. The number of nitrogens with two attached hydrogens (primary N) is 1. The summed E-state index contributed by atoms with van der Waals surface area (Å²) in [5.41, 5.74) is 6.37. The summed E-state index contributed by atoms with van der Waals surface area (Å²) >= 11 is 7.47. The van der Waals surface area contributed by atoms with E-state index in [0.717, 1.165) is 0 Å². The number of nitrogen functional groups attached to an aromatic ring is 1. The number of hydrogen-bond acceptors (Lipinski definition) is 7. The minimum Gasteiger partial charge on any atom is -0.368 e. The van der Waals surface area contributed by atoms with Gasteiger partial charge in [0, 0.05) is 11.9 Å². The van der Waals surface area contributed by atoms with Crippen LogP contribution >= 0.6 is 23.4 Å². The van der Waals surface area contributed by atoms with Crippen LogP contribution in [0, 0.1) is 5.82 Å². The summed E-state index contributed by atoms with van der Waals surface area (Å²) in [6.07, 6.45) is 1.66. The van der Waals surface area contributed by atoms with Gasteiger partial charge in [0.15, 0.2) is 0 Å². The van der Waals surface area contributed by atoms with Crippen LogP contribution in [0.15, 0.2) is 47.6 Å². The number of rotatable bonds is 5. The molecule has 122 valence electrons. The smallest absolute Gasteiger partial charge is 0.232 e. The van der Waals surface area contributed by atoms with E-state index in [2.05, 4.69) is 25.3 Å². The highest BCUT2D eigenvalue weighted by atomic mass is 35.5. The Morgan fingerprint density at radius 1 is 1.12 bits per heavy atom. The number of anilines is 3. The van der Waals surface area contributed by atoms with Gasteiger partial charge in [-0.3, -0.25) is 0 Å². The van der Waals surface area contributed by atoms with Crippen LogP contribution in [0.5, 0.6) is 0 Å². The van der Waals surface area contributed by atoms with E-state index in [1.165, 1.54) is 23.9 Å². The minimum atomic E-state index is -0.319. The van der Waals surface area contributed by atoms with Crippen molar-refractivity contribution in [3.05, 3.63) is 59.3 Å². The van der Waals surface area contributed by atoms with Gasteiger partial charge in [0.2, 0.25) is 11.9 Å². The van der Waals surface area contributed by atoms with Crippen molar-refractivity contribution in [1.29, 1.82) is 0 Å². The molecule has 0 bridgehead atoms. The van der Waals surface area contributed by atoms with E-state index in [1.54, 1.807) is 30.5 Å². The minimum absolute atomic E-state index is 0.0947. The molecule has 9 heteroatoms. The number of pyridine rings is 1. The summed E-state index contributed by atoms with van der Waals surface area (Å²) in [6.45, 7) is 0. The molecule has 0 saturated heterocycles. The van der Waals surface area contributed by atoms with E-state index in [4.69, 9.17) is 17.3 Å². The average Bonchev–Trinajstić information content (AvgIpc) is 2.56. The number of hydrogen-bond donors (Lipinski definition) is 2. The fourth-order valence-corrected chi connectivity index (χ4v) is 2.85. The van der Waals surface area contributed by atoms with Gasteiger partial charge >= 0.3 is 0 Å². The predicted octanol–water partition coefficient (Wildman–Crippen LogP) is 3.68. The Hall–Kier alpha value is -2.45. The summed E-state index contributed by atoms with van der Waals surface area (Å²) in [5, 5.41) is 4.21. The summed E-state index contributed by atoms with van der Waals surface area (Å²) in [6, 6.07) is 9.37. The van der Waals surface area contributed by atoms with E-state index in [1.807, 2.05) is 0 Å². The van der Waals surface area contributed by atoms with Crippen molar-refractivity contribution in [3.8, 4) is 0 Å². The van der Waals surface area contributed by atoms with Crippen molar-refractivity contribution < 1.29 is 4.39 Å². The molecule has 24 heavy (non-hydrogen) atoms. The van der Waals surface area contributed by atoms with Gasteiger partial charge in [-0.1, -0.05) is 23.4 Å². The molecule has 0 unspecified atom stereocenters. The number of aromatic nitrogens is 4. The topological polar surface area (TPSA) is 89.6 Å². The molecule has 3 N–H and O–H groups in total. The van der Waals surface area contributed by atoms with E-state index in [0.29, 0.717) is 27.3 Å². The van der Waals surface area contributed by atoms with Gasteiger partial charge in [-0.15, -0.1) is 0 Å². The van der Waals surface area contributed by atoms with Gasteiger partial charge in [0.05, 0.1) is 10.8 Å². The first-order chi connectivity index (χ1) is 11.6. The second-order valence-electron chi connectivity index (χ2n) is 4.64. The highest BCUT2D eigenvalue weighted by Gasteiger charge is 2.08. The van der Waals surface area contributed by atoms with Crippen molar-refractivity contribution in [1.82, 2.24) is 19.9 Å². The molecular weight excluding hydrogens is 351 g/mol. The first kappa shape index (κ1) is 16.4. The molecule has 0 aliphatic heterocycles. The molecule has 0 aliphatic rings. The zero-order valence-corrected chi connectivity index (χ0v) is 13.9. The lowest BCUT2D eigenvalue weighted by atomic mass is 10.3. The van der Waals surface area contributed by atoms with Crippen LogP contribution in [0.25, 0.3) is 0 Å². The average molecular weight is 363 g/mol. The van der Waals surface area contributed by atoms with Crippen LogP contribution in [0.4, 0.5) is 22.0 Å². The maximum Gasteiger partial charge on any atom is 0.232 e. The van der Waals surface area contributed by atoms with Crippen molar-refractivity contribution in [2.45, 2.75) is 10.8 Å². The van der Waals surface area contributed by atoms with Gasteiger partial charge in [0.1, 0.15) is 16.7 Å². The van der Waals surface area contributed by atoms with Gasteiger partial charge in [0.25, 0.3) is 0 Å². The van der Waals surface area contributed by atoms with Crippen LogP contribution < -0.4 is 11.1 Å². The van der Waals surface area contributed by atoms with E-state index < -0.39 is 0 Å². The highest BCUT2D eigenvalue weighted by Crippen LogP contribution is 2.26. The zero-order chi connectivity index (χ0) is 16.9. The quantitative estimate of drug-likeness (QED) is 0.669. The first-order valence-corrected chi connectivity index (χ1v) is 8.23. The molecule has 0 saturated carbocycles. The molecule has 2 heterocycles. The Labute approximate surface area is 146 Å². The maximum atomic E-state index is 12.9. The van der Waals surface area contributed by atoms with Crippen LogP contribution in [-0.4, -0.2) is 19.9 Å². The maximum absolute atomic E-state index is 12.9. The molecule has 1 aromatic carbocycles. The molecule has 0 spiro atoms. The van der Waals surface area contributed by atoms with Gasteiger partial charge < -0.3 is 11.1 Å². The van der Waals surface area contributed by atoms with Gasteiger partial charge in [-0.25, -0.2) is 9.37 Å². The first-order valence-electron chi connectivity index (χ1n) is 6.86. The summed E-state index contributed by atoms with van der Waals surface area (Å²) in [5.74, 6) is 0.981. The zero-order valence-electron chi connectivity index (χ0n) is 12.3. The molecule has 0 atom stereocenters. The van der Waals surface area contributed by atoms with Crippen LogP contribution in [-0.2, 0) is 5.75 Å². The van der Waals surface area contributed by atoms with E-state index >= 15 is 0 Å². The molecule has 6 nitrogen and oxygen atoms in total. The third-order valence-electron chi connectivity index (χ3n) is 2.86. The predicted molar refractivity (Wildman–Crippen MR) is 92.7 cm³/mol. The van der Waals surface area contributed by atoms with Crippen molar-refractivity contribution in [2.24, 2.45) is 0 Å². The van der Waals surface area contributed by atoms with Crippen LogP contribution in [0.3, 0.4) is 0 Å². The Bertz CT molecular complexity index is 846. The van der Waals surface area contributed by atoms with Crippen molar-refractivity contribution >= 4 is 40.9 Å². The third-order valence-corrected chi connectivity index (χ3v) is 4.28. The SMILES string of the molecule is Nc1nc(CSc2ncccc2Cl)nc(Nc2ccc(F)cc2)n1. The normalized spacial score (nSPS) is 10.6. The number of thioether (sulfide) groups is 1. The fourth-order valence-electron chi connectivity index (χ4n) is 1.83. The molecule has 0 fully saturated rings. The van der Waals surface area contributed by atoms with Crippen LogP contribution in [0.1, 0.15) is 5.82 Å². The second kappa shape index (κ2) is 7.41. The standard InChI is InChI=1S/C15H12ClFN6S/c16-11-2-1-7-19-13(11)24-8-12-21-14(18)23-15(22-12)20-10-5-3-9(17)4-6-10/h1-7H,8H2,(H3,18,20,21,22,23). The number of halogens is 2. The Kier molecular flexibility index (Phi) is 5.07. The summed E-state index contributed by atoms with van der Waals surface area (Å²) < 4.78 is 12.9. The molecule has 2 aromatic heterocycles. The number of nitrogens with one attached hydrogen (secondary N) is 1. The number of nitrogens with zero attached hydrogens (tertiary/aromatic N) is 4. The third kappa shape index (κ3) is 4.30. The van der Waals surface area contributed by atoms with Crippen LogP contribution in [0.2, 0.25) is 5.02 Å². The monoisotopic (exact) mass is 362 g/mol. The van der Waals surface area contributed by atoms with Gasteiger partial charge in [-0.05, 0) is 36.4 Å². The molecule has 3 rings (SSSR count). The van der Waals surface area contributed by atoms with Gasteiger partial charge in [-0.2, -0.15) is 15.0 Å². The highest BCUT2D eigenvalue weighted by molar-refractivity contribution is 7.98. The largest absolute Gasteiger partial charge is 0.368 e. The molecule has 3 aromatic rings.